The van der Waals surface area contributed by atoms with E-state index >= 15 is 0 Å². The second-order valence-electron chi connectivity index (χ2n) is 6.02. The van der Waals surface area contributed by atoms with Gasteiger partial charge >= 0.3 is 0 Å². The molecule has 4 nitrogen and oxygen atoms in total. The lowest BCUT2D eigenvalue weighted by Crippen LogP contribution is -2.28. The van der Waals surface area contributed by atoms with E-state index in [2.05, 4.69) is 17.0 Å². The molecule has 21 heavy (non-hydrogen) atoms. The fraction of sp³-hybridized carbons (Fsp3) is 0.625. The molecule has 2 N–H and O–H groups in total. The first-order valence-corrected chi connectivity index (χ1v) is 8.90. The van der Waals surface area contributed by atoms with Crippen LogP contribution < -0.4 is 10.0 Å². The topological polar surface area (TPSA) is 64.2 Å². The molecule has 0 radical (unpaired) electrons. The van der Waals surface area contributed by atoms with Gasteiger partial charge in [0.05, 0.1) is 0 Å². The van der Waals surface area contributed by atoms with E-state index in [9.17, 15) is 8.76 Å². The van der Waals surface area contributed by atoms with Crippen LogP contribution in [0.4, 0.5) is 5.69 Å². The predicted octanol–water partition coefficient (Wildman–Crippen LogP) is 3.34. The van der Waals surface area contributed by atoms with Crippen LogP contribution in [-0.4, -0.2) is 14.8 Å². The predicted molar refractivity (Wildman–Crippen MR) is 86.5 cm³/mol. The van der Waals surface area contributed by atoms with Crippen molar-refractivity contribution in [2.24, 2.45) is 5.92 Å². The second-order valence-corrected chi connectivity index (χ2v) is 6.69. The van der Waals surface area contributed by atoms with Gasteiger partial charge in [-0.3, -0.25) is 4.21 Å². The van der Waals surface area contributed by atoms with E-state index < -0.39 is 11.3 Å². The number of benzene rings is 1. The number of rotatable bonds is 7. The quantitative estimate of drug-likeness (QED) is 0.759. The molecule has 0 saturated heterocycles. The molecule has 1 aliphatic rings. The molecule has 5 heteroatoms. The number of hydrogen-bond donors (Lipinski definition) is 2. The highest BCUT2D eigenvalue weighted by atomic mass is 32.2. The molecule has 0 spiro atoms. The van der Waals surface area contributed by atoms with Crippen molar-refractivity contribution in [1.29, 1.82) is 0 Å². The Hall–Kier alpha value is -0.910. The van der Waals surface area contributed by atoms with Crippen LogP contribution >= 0.6 is 0 Å². The monoisotopic (exact) mass is 309 g/mol. The van der Waals surface area contributed by atoms with Crippen LogP contribution in [0, 0.1) is 5.92 Å². The maximum Gasteiger partial charge on any atom is 0.0497 e. The van der Waals surface area contributed by atoms with Crippen molar-refractivity contribution in [1.82, 2.24) is 5.32 Å². The third-order valence-electron chi connectivity index (χ3n) is 4.26. The summed E-state index contributed by atoms with van der Waals surface area (Å²) in [7, 11) is 0. The first-order chi connectivity index (χ1) is 10.1. The van der Waals surface area contributed by atoms with Gasteiger partial charge < -0.3 is 14.6 Å². The zero-order chi connectivity index (χ0) is 15.1. The maximum atomic E-state index is 10.8. The number of anilines is 1. The summed E-state index contributed by atoms with van der Waals surface area (Å²) in [5.41, 5.74) is 1.64. The Kier molecular flexibility index (Phi) is 6.67. The van der Waals surface area contributed by atoms with Crippen molar-refractivity contribution in [3.8, 4) is 0 Å². The summed E-state index contributed by atoms with van der Waals surface area (Å²) >= 11 is -2.27. The molecule has 1 aliphatic carbocycles. The lowest BCUT2D eigenvalue weighted by atomic mass is 9.85. The Morgan fingerprint density at radius 1 is 1.29 bits per heavy atom. The van der Waals surface area contributed by atoms with Gasteiger partial charge in [-0.25, -0.2) is 0 Å². The van der Waals surface area contributed by atoms with Crippen molar-refractivity contribution in [2.75, 3.05) is 4.72 Å². The lowest BCUT2D eigenvalue weighted by molar-refractivity contribution is 0.305. The van der Waals surface area contributed by atoms with E-state index in [-0.39, 0.29) is 0 Å². The Morgan fingerprint density at radius 2 is 2.00 bits per heavy atom. The summed E-state index contributed by atoms with van der Waals surface area (Å²) in [6.07, 6.45) is 8.07. The standard InChI is InChI=1S/C16H26N2O2S/c1-13(11-14-7-3-2-4-8-14)17-12-15-9-5-6-10-16(15)18-21(19)20/h5-6,9-10,13-14,17-18H,2-4,7-8,11-12H2,1H3,(H,19,20)/p-1/t13-/m0/s1. The minimum atomic E-state index is -2.27. The summed E-state index contributed by atoms with van der Waals surface area (Å²) in [6.45, 7) is 2.91. The van der Waals surface area contributed by atoms with Gasteiger partial charge in [-0.05, 0) is 30.9 Å². The molecule has 118 valence electrons. The molecule has 0 heterocycles. The van der Waals surface area contributed by atoms with Crippen LogP contribution in [0.1, 0.15) is 51.0 Å². The Labute approximate surface area is 130 Å². The number of hydrogen-bond acceptors (Lipinski definition) is 3. The summed E-state index contributed by atoms with van der Waals surface area (Å²) < 4.78 is 24.0. The molecular formula is C16H25N2O2S-. The van der Waals surface area contributed by atoms with Crippen molar-refractivity contribution in [3.05, 3.63) is 29.8 Å². The Morgan fingerprint density at radius 3 is 2.71 bits per heavy atom. The van der Waals surface area contributed by atoms with E-state index in [4.69, 9.17) is 0 Å². The van der Waals surface area contributed by atoms with Gasteiger partial charge in [-0.1, -0.05) is 50.3 Å². The summed E-state index contributed by atoms with van der Waals surface area (Å²) in [5, 5.41) is 3.52. The molecule has 0 bridgehead atoms. The van der Waals surface area contributed by atoms with Gasteiger partial charge in [0.25, 0.3) is 0 Å². The van der Waals surface area contributed by atoms with Gasteiger partial charge in [0, 0.05) is 29.5 Å². The molecule has 1 fully saturated rings. The van der Waals surface area contributed by atoms with Crippen molar-refractivity contribution in [2.45, 2.75) is 58.0 Å². The van der Waals surface area contributed by atoms with Gasteiger partial charge in [-0.2, -0.15) is 0 Å². The second kappa shape index (κ2) is 8.51. The normalized spacial score (nSPS) is 19.1. The molecular weight excluding hydrogens is 284 g/mol. The molecule has 0 aliphatic heterocycles. The smallest absolute Gasteiger partial charge is 0.0497 e. The lowest BCUT2D eigenvalue weighted by Gasteiger charge is -2.25. The average Bonchev–Trinajstić information content (AvgIpc) is 2.47. The molecule has 1 unspecified atom stereocenters. The largest absolute Gasteiger partial charge is 0.755 e. The van der Waals surface area contributed by atoms with E-state index in [1.54, 1.807) is 6.07 Å². The molecule has 0 aromatic heterocycles. The minimum Gasteiger partial charge on any atom is -0.755 e. The number of nitrogens with one attached hydrogen (secondary N) is 2. The zero-order valence-electron chi connectivity index (χ0n) is 12.6. The van der Waals surface area contributed by atoms with Gasteiger partial charge in [-0.15, -0.1) is 0 Å². The number of para-hydroxylation sites is 1. The fourth-order valence-electron chi connectivity index (χ4n) is 3.15. The van der Waals surface area contributed by atoms with Crippen molar-refractivity contribution >= 4 is 17.0 Å². The van der Waals surface area contributed by atoms with E-state index in [1.165, 1.54) is 38.5 Å². The van der Waals surface area contributed by atoms with Crippen LogP contribution in [0.5, 0.6) is 0 Å². The third-order valence-corrected chi connectivity index (χ3v) is 4.65. The van der Waals surface area contributed by atoms with Crippen LogP contribution in [0.3, 0.4) is 0 Å². The van der Waals surface area contributed by atoms with E-state index in [0.717, 1.165) is 11.5 Å². The fourth-order valence-corrected chi connectivity index (χ4v) is 3.53. The van der Waals surface area contributed by atoms with Crippen LogP contribution in [-0.2, 0) is 17.8 Å². The van der Waals surface area contributed by atoms with Gasteiger partial charge in [0.2, 0.25) is 0 Å². The Bertz CT molecular complexity index is 461. The molecule has 2 atom stereocenters. The molecule has 1 aromatic carbocycles. The maximum absolute atomic E-state index is 10.8. The molecule has 0 amide bonds. The van der Waals surface area contributed by atoms with Crippen molar-refractivity contribution < 1.29 is 8.76 Å². The first kappa shape index (κ1) is 16.5. The van der Waals surface area contributed by atoms with Crippen molar-refractivity contribution in [3.63, 3.8) is 0 Å². The van der Waals surface area contributed by atoms with Gasteiger partial charge in [0.15, 0.2) is 0 Å². The highest BCUT2D eigenvalue weighted by molar-refractivity contribution is 7.80. The van der Waals surface area contributed by atoms with Crippen LogP contribution in [0.25, 0.3) is 0 Å². The van der Waals surface area contributed by atoms with E-state index in [0.29, 0.717) is 18.3 Å². The minimum absolute atomic E-state index is 0.457. The summed E-state index contributed by atoms with van der Waals surface area (Å²) in [6, 6.07) is 7.97. The summed E-state index contributed by atoms with van der Waals surface area (Å²) in [4.78, 5) is 0. The first-order valence-electron chi connectivity index (χ1n) is 7.82. The average molecular weight is 309 g/mol. The van der Waals surface area contributed by atoms with E-state index in [1.807, 2.05) is 18.2 Å². The molecule has 1 aromatic rings. The third kappa shape index (κ3) is 5.77. The highest BCUT2D eigenvalue weighted by Gasteiger charge is 2.16. The van der Waals surface area contributed by atoms with Gasteiger partial charge in [0.1, 0.15) is 0 Å². The van der Waals surface area contributed by atoms with Crippen LogP contribution in [0.15, 0.2) is 24.3 Å². The summed E-state index contributed by atoms with van der Waals surface area (Å²) in [5.74, 6) is 0.851. The Balaban J connectivity index is 1.82. The SMILES string of the molecule is C[C@@H](CC1CCCCC1)NCc1ccccc1NS(=O)[O-]. The van der Waals surface area contributed by atoms with Crippen LogP contribution in [0.2, 0.25) is 0 Å². The highest BCUT2D eigenvalue weighted by Crippen LogP contribution is 2.27. The molecule has 2 rings (SSSR count). The zero-order valence-corrected chi connectivity index (χ0v) is 13.5. The molecule has 1 saturated carbocycles.